The van der Waals surface area contributed by atoms with E-state index < -0.39 is 0 Å². The number of amides is 2. The van der Waals surface area contributed by atoms with Gasteiger partial charge in [-0.3, -0.25) is 14.5 Å². The fraction of sp³-hybridized carbons (Fsp3) is 0.357. The van der Waals surface area contributed by atoms with E-state index in [1.54, 1.807) is 29.5 Å². The average Bonchev–Trinajstić information content (AvgIpc) is 3.35. The van der Waals surface area contributed by atoms with Crippen molar-refractivity contribution in [2.24, 2.45) is 0 Å². The predicted molar refractivity (Wildman–Crippen MR) is 146 cm³/mol. The first-order valence-electron chi connectivity index (χ1n) is 12.2. The summed E-state index contributed by atoms with van der Waals surface area (Å²) in [6, 6.07) is 15.6. The van der Waals surface area contributed by atoms with Crippen LogP contribution in [0.25, 0.3) is 0 Å². The average molecular weight is 543 g/mol. The van der Waals surface area contributed by atoms with E-state index in [0.717, 1.165) is 13.0 Å². The first kappa shape index (κ1) is 25.3. The molecule has 0 spiro atoms. The maximum Gasteiger partial charge on any atom is 0.254 e. The monoisotopic (exact) mass is 541 g/mol. The standard InChI is InChI=1S/C28H29Cl2N3O2S/c1-18-5-3-4-6-21(18)27-22-10-14-36-25(22)9-11-32(27)17-26(34)31-12-13-33(19(2)16-31)28(35)20-7-8-23(29)24(30)15-20/h3-8,10,14-15,19,27H,9,11-13,16-17H2,1-2H3/t19-,27+/m0/s1. The number of hydrogen-bond donors (Lipinski definition) is 0. The molecule has 8 heteroatoms. The molecule has 0 bridgehead atoms. The van der Waals surface area contributed by atoms with Gasteiger partial charge in [0.15, 0.2) is 0 Å². The summed E-state index contributed by atoms with van der Waals surface area (Å²) in [4.78, 5) is 34.1. The summed E-state index contributed by atoms with van der Waals surface area (Å²) >= 11 is 13.9. The Morgan fingerprint density at radius 1 is 1.00 bits per heavy atom. The van der Waals surface area contributed by atoms with Crippen LogP contribution in [0.15, 0.2) is 53.9 Å². The van der Waals surface area contributed by atoms with Gasteiger partial charge in [0.2, 0.25) is 5.91 Å². The Morgan fingerprint density at radius 2 is 1.81 bits per heavy atom. The number of hydrogen-bond acceptors (Lipinski definition) is 4. The summed E-state index contributed by atoms with van der Waals surface area (Å²) in [7, 11) is 0. The molecule has 3 aromatic rings. The van der Waals surface area contributed by atoms with Crippen molar-refractivity contribution in [2.75, 3.05) is 32.7 Å². The van der Waals surface area contributed by atoms with Gasteiger partial charge in [0.1, 0.15) is 0 Å². The second-order valence-electron chi connectivity index (χ2n) is 9.59. The van der Waals surface area contributed by atoms with Gasteiger partial charge in [-0.1, -0.05) is 47.5 Å². The lowest BCUT2D eigenvalue weighted by Crippen LogP contribution is -2.57. The van der Waals surface area contributed by atoms with Gasteiger partial charge in [-0.05, 0) is 66.6 Å². The largest absolute Gasteiger partial charge is 0.338 e. The number of nitrogens with zero attached hydrogens (tertiary/aromatic N) is 3. The number of thiophene rings is 1. The Morgan fingerprint density at radius 3 is 2.56 bits per heavy atom. The van der Waals surface area contributed by atoms with E-state index in [1.165, 1.54) is 21.6 Å². The van der Waals surface area contributed by atoms with Crippen molar-refractivity contribution in [1.82, 2.24) is 14.7 Å². The van der Waals surface area contributed by atoms with Crippen molar-refractivity contribution < 1.29 is 9.59 Å². The van der Waals surface area contributed by atoms with E-state index >= 15 is 0 Å². The van der Waals surface area contributed by atoms with Gasteiger partial charge in [-0.25, -0.2) is 0 Å². The summed E-state index contributed by atoms with van der Waals surface area (Å²) in [5.41, 5.74) is 4.33. The second kappa shape index (κ2) is 10.5. The molecule has 0 unspecified atom stereocenters. The van der Waals surface area contributed by atoms with E-state index in [4.69, 9.17) is 23.2 Å². The number of halogens is 2. The smallest absolute Gasteiger partial charge is 0.254 e. The van der Waals surface area contributed by atoms with Crippen LogP contribution >= 0.6 is 34.5 Å². The van der Waals surface area contributed by atoms with Gasteiger partial charge in [-0.2, -0.15) is 0 Å². The highest BCUT2D eigenvalue weighted by atomic mass is 35.5. The Balaban J connectivity index is 1.28. The molecule has 1 aromatic heterocycles. The molecule has 36 heavy (non-hydrogen) atoms. The van der Waals surface area contributed by atoms with Crippen LogP contribution in [0.3, 0.4) is 0 Å². The second-order valence-corrected chi connectivity index (χ2v) is 11.4. The molecule has 5 rings (SSSR count). The predicted octanol–water partition coefficient (Wildman–Crippen LogP) is 5.68. The van der Waals surface area contributed by atoms with Gasteiger partial charge in [0.25, 0.3) is 5.91 Å². The molecule has 1 saturated heterocycles. The molecule has 2 aromatic carbocycles. The SMILES string of the molecule is Cc1ccccc1[C@@H]1c2ccsc2CCN1CC(=O)N1CCN(C(=O)c2ccc(Cl)c(Cl)c2)[C@@H](C)C1. The summed E-state index contributed by atoms with van der Waals surface area (Å²) in [5.74, 6) is 0.0227. The number of aryl methyl sites for hydroxylation is 1. The van der Waals surface area contributed by atoms with Crippen molar-refractivity contribution in [1.29, 1.82) is 0 Å². The minimum absolute atomic E-state index is 0.0834. The molecule has 2 atom stereocenters. The molecule has 188 valence electrons. The van der Waals surface area contributed by atoms with Gasteiger partial charge in [0.05, 0.1) is 22.6 Å². The molecule has 2 aliphatic heterocycles. The molecule has 2 amide bonds. The maximum absolute atomic E-state index is 13.5. The van der Waals surface area contributed by atoms with Crippen molar-refractivity contribution >= 4 is 46.4 Å². The van der Waals surface area contributed by atoms with E-state index in [-0.39, 0.29) is 23.9 Å². The number of rotatable bonds is 4. The van der Waals surface area contributed by atoms with Crippen LogP contribution in [0, 0.1) is 6.92 Å². The van der Waals surface area contributed by atoms with Crippen LogP contribution in [-0.2, 0) is 11.2 Å². The first-order chi connectivity index (χ1) is 17.3. The zero-order valence-corrected chi connectivity index (χ0v) is 22.7. The zero-order valence-electron chi connectivity index (χ0n) is 20.4. The van der Waals surface area contributed by atoms with Gasteiger partial charge >= 0.3 is 0 Å². The van der Waals surface area contributed by atoms with Crippen molar-refractivity contribution in [3.05, 3.63) is 91.1 Å². The van der Waals surface area contributed by atoms with Crippen molar-refractivity contribution in [3.63, 3.8) is 0 Å². The van der Waals surface area contributed by atoms with Gasteiger partial charge in [-0.15, -0.1) is 11.3 Å². The van der Waals surface area contributed by atoms with E-state index in [2.05, 4.69) is 47.5 Å². The van der Waals surface area contributed by atoms with Crippen LogP contribution in [-0.4, -0.2) is 65.3 Å². The lowest BCUT2D eigenvalue weighted by molar-refractivity contribution is -0.135. The Bertz CT molecular complexity index is 1290. The number of piperazine rings is 1. The van der Waals surface area contributed by atoms with Crippen LogP contribution in [0.4, 0.5) is 0 Å². The number of carbonyl (C=O) groups excluding carboxylic acids is 2. The zero-order chi connectivity index (χ0) is 25.4. The highest BCUT2D eigenvalue weighted by Crippen LogP contribution is 2.38. The number of carbonyl (C=O) groups is 2. The van der Waals surface area contributed by atoms with E-state index in [9.17, 15) is 9.59 Å². The third-order valence-corrected chi connectivity index (χ3v) is 9.03. The Hall–Kier alpha value is -2.38. The molecule has 1 fully saturated rings. The Kier molecular flexibility index (Phi) is 7.40. The molecular formula is C28H29Cl2N3O2S. The number of benzene rings is 2. The number of fused-ring (bicyclic) bond motifs is 1. The fourth-order valence-corrected chi connectivity index (χ4v) is 6.55. The van der Waals surface area contributed by atoms with E-state index in [0.29, 0.717) is 41.8 Å². The fourth-order valence-electron chi connectivity index (χ4n) is 5.35. The molecule has 0 saturated carbocycles. The van der Waals surface area contributed by atoms with Crippen molar-refractivity contribution in [3.8, 4) is 0 Å². The molecule has 5 nitrogen and oxygen atoms in total. The highest BCUT2D eigenvalue weighted by Gasteiger charge is 2.35. The lowest BCUT2D eigenvalue weighted by Gasteiger charge is -2.42. The maximum atomic E-state index is 13.5. The summed E-state index contributed by atoms with van der Waals surface area (Å²) < 4.78 is 0. The molecule has 3 heterocycles. The molecule has 0 aliphatic carbocycles. The van der Waals surface area contributed by atoms with Gasteiger partial charge < -0.3 is 9.80 Å². The van der Waals surface area contributed by atoms with Crippen LogP contribution < -0.4 is 0 Å². The summed E-state index contributed by atoms with van der Waals surface area (Å²) in [6.07, 6.45) is 0.963. The summed E-state index contributed by atoms with van der Waals surface area (Å²) in [6.45, 7) is 6.86. The highest BCUT2D eigenvalue weighted by molar-refractivity contribution is 7.10. The van der Waals surface area contributed by atoms with Crippen molar-refractivity contribution in [2.45, 2.75) is 32.4 Å². The van der Waals surface area contributed by atoms with Crippen LogP contribution in [0.1, 0.15) is 44.9 Å². The normalized spacial score (nSPS) is 20.3. The molecule has 0 radical (unpaired) electrons. The minimum Gasteiger partial charge on any atom is -0.338 e. The molecule has 0 N–H and O–H groups in total. The first-order valence-corrected chi connectivity index (χ1v) is 13.9. The van der Waals surface area contributed by atoms with Crippen LogP contribution in [0.2, 0.25) is 10.0 Å². The quantitative estimate of drug-likeness (QED) is 0.426. The molecular weight excluding hydrogens is 513 g/mol. The lowest BCUT2D eigenvalue weighted by atomic mass is 9.90. The van der Waals surface area contributed by atoms with E-state index in [1.807, 2.05) is 16.7 Å². The topological polar surface area (TPSA) is 43.9 Å². The summed E-state index contributed by atoms with van der Waals surface area (Å²) in [5, 5.41) is 2.95. The van der Waals surface area contributed by atoms with Gasteiger partial charge in [0, 0.05) is 42.7 Å². The Labute approximate surface area is 226 Å². The van der Waals surface area contributed by atoms with Crippen LogP contribution in [0.5, 0.6) is 0 Å². The minimum atomic E-state index is -0.0957. The molecule has 2 aliphatic rings. The third-order valence-electron chi connectivity index (χ3n) is 7.29. The third kappa shape index (κ3) is 4.92.